The number of benzene rings is 2. The SMILES string of the molecule is COc1ccc(C(=CCOc2ccccc2)c2cccs2)cc1. The molecule has 0 bridgehead atoms. The maximum atomic E-state index is 5.80. The third-order valence-corrected chi connectivity index (χ3v) is 4.37. The average Bonchev–Trinajstić information content (AvgIpc) is 3.14. The first kappa shape index (κ1) is 15.4. The van der Waals surface area contributed by atoms with E-state index in [1.54, 1.807) is 18.4 Å². The molecule has 0 aliphatic heterocycles. The van der Waals surface area contributed by atoms with Crippen molar-refractivity contribution in [2.75, 3.05) is 13.7 Å². The molecule has 0 atom stereocenters. The van der Waals surface area contributed by atoms with Gasteiger partial charge in [-0.2, -0.15) is 0 Å². The molecule has 2 aromatic carbocycles. The molecule has 0 aliphatic rings. The van der Waals surface area contributed by atoms with Crippen LogP contribution in [0, 0.1) is 0 Å². The van der Waals surface area contributed by atoms with E-state index >= 15 is 0 Å². The van der Waals surface area contributed by atoms with Crippen LogP contribution in [0.15, 0.2) is 78.2 Å². The second-order valence-corrected chi connectivity index (χ2v) is 5.90. The van der Waals surface area contributed by atoms with Gasteiger partial charge in [-0.05, 0) is 52.9 Å². The standard InChI is InChI=1S/C20H18O2S/c1-21-17-11-9-16(10-12-17)19(20-8-5-15-23-20)13-14-22-18-6-3-2-4-7-18/h2-13,15H,14H2,1H3. The lowest BCUT2D eigenvalue weighted by molar-refractivity contribution is 0.363. The molecule has 116 valence electrons. The van der Waals surface area contributed by atoms with Gasteiger partial charge in [0.1, 0.15) is 18.1 Å². The monoisotopic (exact) mass is 322 g/mol. The van der Waals surface area contributed by atoms with Crippen molar-refractivity contribution in [2.45, 2.75) is 0 Å². The lowest BCUT2D eigenvalue weighted by Crippen LogP contribution is -1.96. The minimum atomic E-state index is 0.531. The van der Waals surface area contributed by atoms with Crippen LogP contribution in [-0.4, -0.2) is 13.7 Å². The summed E-state index contributed by atoms with van der Waals surface area (Å²) >= 11 is 1.73. The van der Waals surface area contributed by atoms with E-state index < -0.39 is 0 Å². The molecule has 3 aromatic rings. The van der Waals surface area contributed by atoms with E-state index in [-0.39, 0.29) is 0 Å². The zero-order valence-electron chi connectivity index (χ0n) is 12.9. The van der Waals surface area contributed by atoms with Crippen LogP contribution in [0.4, 0.5) is 0 Å². The summed E-state index contributed by atoms with van der Waals surface area (Å²) in [6.07, 6.45) is 2.13. The van der Waals surface area contributed by atoms with Gasteiger partial charge in [-0.25, -0.2) is 0 Å². The van der Waals surface area contributed by atoms with Gasteiger partial charge in [0.2, 0.25) is 0 Å². The molecule has 0 saturated heterocycles. The predicted octanol–water partition coefficient (Wildman–Crippen LogP) is 5.27. The van der Waals surface area contributed by atoms with Crippen molar-refractivity contribution < 1.29 is 9.47 Å². The molecule has 3 rings (SSSR count). The number of para-hydroxylation sites is 1. The lowest BCUT2D eigenvalue weighted by Gasteiger charge is -2.09. The molecular formula is C20H18O2S. The van der Waals surface area contributed by atoms with Crippen molar-refractivity contribution in [3.8, 4) is 11.5 Å². The fourth-order valence-electron chi connectivity index (χ4n) is 2.30. The number of hydrogen-bond acceptors (Lipinski definition) is 3. The summed E-state index contributed by atoms with van der Waals surface area (Å²) in [7, 11) is 1.68. The second kappa shape index (κ2) is 7.65. The van der Waals surface area contributed by atoms with Crippen molar-refractivity contribution in [2.24, 2.45) is 0 Å². The van der Waals surface area contributed by atoms with E-state index in [4.69, 9.17) is 9.47 Å². The van der Waals surface area contributed by atoms with E-state index in [1.165, 1.54) is 10.5 Å². The van der Waals surface area contributed by atoms with E-state index in [9.17, 15) is 0 Å². The molecule has 2 nitrogen and oxygen atoms in total. The summed E-state index contributed by atoms with van der Waals surface area (Å²) in [4.78, 5) is 1.23. The first-order valence-corrected chi connectivity index (χ1v) is 8.31. The maximum Gasteiger partial charge on any atom is 0.119 e. The Morgan fingerprint density at radius 2 is 1.70 bits per heavy atom. The molecule has 0 unspecified atom stereocenters. The lowest BCUT2D eigenvalue weighted by atomic mass is 10.0. The topological polar surface area (TPSA) is 18.5 Å². The highest BCUT2D eigenvalue weighted by molar-refractivity contribution is 7.11. The summed E-state index contributed by atoms with van der Waals surface area (Å²) in [5, 5.41) is 2.09. The minimum Gasteiger partial charge on any atom is -0.497 e. The van der Waals surface area contributed by atoms with E-state index in [0.717, 1.165) is 17.1 Å². The van der Waals surface area contributed by atoms with Crippen LogP contribution in [0.5, 0.6) is 11.5 Å². The average molecular weight is 322 g/mol. The van der Waals surface area contributed by atoms with E-state index in [2.05, 4.69) is 35.7 Å². The fraction of sp³-hybridized carbons (Fsp3) is 0.100. The molecule has 0 amide bonds. The van der Waals surface area contributed by atoms with Crippen LogP contribution in [0.1, 0.15) is 10.4 Å². The fourth-order valence-corrected chi connectivity index (χ4v) is 3.09. The number of rotatable bonds is 6. The van der Waals surface area contributed by atoms with Gasteiger partial charge in [0.25, 0.3) is 0 Å². The van der Waals surface area contributed by atoms with Gasteiger partial charge in [0.15, 0.2) is 0 Å². The van der Waals surface area contributed by atoms with Gasteiger partial charge in [-0.15, -0.1) is 11.3 Å². The van der Waals surface area contributed by atoms with Gasteiger partial charge in [0, 0.05) is 4.88 Å². The minimum absolute atomic E-state index is 0.531. The predicted molar refractivity (Wildman–Crippen MR) is 96.3 cm³/mol. The highest BCUT2D eigenvalue weighted by Crippen LogP contribution is 2.28. The number of hydrogen-bond donors (Lipinski definition) is 0. The van der Waals surface area contributed by atoms with Crippen molar-refractivity contribution in [3.63, 3.8) is 0 Å². The van der Waals surface area contributed by atoms with Crippen molar-refractivity contribution in [3.05, 3.63) is 88.6 Å². The van der Waals surface area contributed by atoms with Gasteiger partial charge in [-0.3, -0.25) is 0 Å². The summed E-state index contributed by atoms with van der Waals surface area (Å²) in [6.45, 7) is 0.531. The van der Waals surface area contributed by atoms with E-state index in [0.29, 0.717) is 6.61 Å². The summed E-state index contributed by atoms with van der Waals surface area (Å²) in [5.41, 5.74) is 2.34. The molecule has 0 fully saturated rings. The number of methoxy groups -OCH3 is 1. The Hall–Kier alpha value is -2.52. The zero-order valence-corrected chi connectivity index (χ0v) is 13.8. The second-order valence-electron chi connectivity index (χ2n) is 4.95. The smallest absolute Gasteiger partial charge is 0.119 e. The largest absolute Gasteiger partial charge is 0.497 e. The summed E-state index contributed by atoms with van der Waals surface area (Å²) in [6, 6.07) is 22.2. The van der Waals surface area contributed by atoms with Gasteiger partial charge >= 0.3 is 0 Å². The third kappa shape index (κ3) is 4.02. The Kier molecular flexibility index (Phi) is 5.12. The third-order valence-electron chi connectivity index (χ3n) is 3.47. The Bertz CT molecular complexity index is 744. The van der Waals surface area contributed by atoms with Crippen LogP contribution in [0.25, 0.3) is 5.57 Å². The molecule has 1 aromatic heterocycles. The Balaban J connectivity index is 1.82. The molecule has 0 saturated carbocycles. The molecule has 0 spiro atoms. The van der Waals surface area contributed by atoms with Gasteiger partial charge < -0.3 is 9.47 Å². The van der Waals surface area contributed by atoms with Gasteiger partial charge in [0.05, 0.1) is 7.11 Å². The molecule has 3 heteroatoms. The summed E-state index contributed by atoms with van der Waals surface area (Å²) < 4.78 is 11.0. The molecule has 23 heavy (non-hydrogen) atoms. The van der Waals surface area contributed by atoms with Crippen molar-refractivity contribution in [1.82, 2.24) is 0 Å². The van der Waals surface area contributed by atoms with Crippen molar-refractivity contribution >= 4 is 16.9 Å². The Morgan fingerprint density at radius 1 is 0.913 bits per heavy atom. The van der Waals surface area contributed by atoms with Crippen LogP contribution in [0.3, 0.4) is 0 Å². The quantitative estimate of drug-likeness (QED) is 0.615. The van der Waals surface area contributed by atoms with Crippen LogP contribution < -0.4 is 9.47 Å². The molecular weight excluding hydrogens is 304 g/mol. The highest BCUT2D eigenvalue weighted by Gasteiger charge is 2.06. The van der Waals surface area contributed by atoms with Crippen LogP contribution in [-0.2, 0) is 0 Å². The van der Waals surface area contributed by atoms with E-state index in [1.807, 2.05) is 42.5 Å². The normalized spacial score (nSPS) is 11.3. The van der Waals surface area contributed by atoms with Crippen molar-refractivity contribution in [1.29, 1.82) is 0 Å². The zero-order chi connectivity index (χ0) is 15.9. The number of ether oxygens (including phenoxy) is 2. The number of thiophene rings is 1. The molecule has 0 aliphatic carbocycles. The van der Waals surface area contributed by atoms with Crippen LogP contribution in [0.2, 0.25) is 0 Å². The molecule has 0 radical (unpaired) electrons. The molecule has 0 N–H and O–H groups in total. The highest BCUT2D eigenvalue weighted by atomic mass is 32.1. The maximum absolute atomic E-state index is 5.80. The Morgan fingerprint density at radius 3 is 2.35 bits per heavy atom. The molecule has 1 heterocycles. The summed E-state index contributed by atoms with van der Waals surface area (Å²) in [5.74, 6) is 1.74. The first-order chi connectivity index (χ1) is 11.4. The Labute approximate surface area is 140 Å². The van der Waals surface area contributed by atoms with Gasteiger partial charge in [-0.1, -0.05) is 36.4 Å². The van der Waals surface area contributed by atoms with Crippen LogP contribution >= 0.6 is 11.3 Å². The first-order valence-electron chi connectivity index (χ1n) is 7.43.